The molecular weight excluding hydrogens is 513 g/mol. The molecule has 3 aromatic rings. The zero-order chi connectivity index (χ0) is 28.0. The second kappa shape index (κ2) is 12.3. The van der Waals surface area contributed by atoms with E-state index in [4.69, 9.17) is 4.74 Å². The maximum Gasteiger partial charge on any atom is 0.573 e. The molecule has 0 aliphatic carbocycles. The molecular formula is C29H29F3N2O5. The molecule has 2 N–H and O–H groups in total. The van der Waals surface area contributed by atoms with Crippen LogP contribution in [0.5, 0.6) is 5.75 Å². The number of nitrogens with zero attached hydrogens (tertiary/aromatic N) is 1. The number of methoxy groups -OCH3 is 1. The minimum absolute atomic E-state index is 0.0410. The lowest BCUT2D eigenvalue weighted by atomic mass is 9.78. The van der Waals surface area contributed by atoms with Crippen molar-refractivity contribution in [3.8, 4) is 5.75 Å². The van der Waals surface area contributed by atoms with Crippen LogP contribution in [0.15, 0.2) is 72.8 Å². The van der Waals surface area contributed by atoms with E-state index in [1.165, 1.54) is 24.3 Å². The van der Waals surface area contributed by atoms with Gasteiger partial charge in [-0.1, -0.05) is 54.6 Å². The van der Waals surface area contributed by atoms with E-state index in [-0.39, 0.29) is 30.7 Å². The van der Waals surface area contributed by atoms with Crippen LogP contribution >= 0.6 is 0 Å². The van der Waals surface area contributed by atoms with E-state index in [1.807, 2.05) is 0 Å². The number of hydrogen-bond acceptors (Lipinski definition) is 5. The summed E-state index contributed by atoms with van der Waals surface area (Å²) < 4.78 is 46.9. The van der Waals surface area contributed by atoms with Crippen molar-refractivity contribution in [3.05, 3.63) is 101 Å². The predicted octanol–water partition coefficient (Wildman–Crippen LogP) is 4.71. The van der Waals surface area contributed by atoms with Crippen LogP contribution in [0, 0.1) is 0 Å². The zero-order valence-electron chi connectivity index (χ0n) is 21.3. The number of benzene rings is 3. The Labute approximate surface area is 224 Å². The third-order valence-corrected chi connectivity index (χ3v) is 6.56. The molecule has 1 aliphatic heterocycles. The summed E-state index contributed by atoms with van der Waals surface area (Å²) in [6.07, 6.45) is -4.20. The van der Waals surface area contributed by atoms with Crippen LogP contribution in [-0.4, -0.2) is 48.4 Å². The van der Waals surface area contributed by atoms with Gasteiger partial charge in [-0.3, -0.25) is 9.59 Å². The van der Waals surface area contributed by atoms with E-state index >= 15 is 0 Å². The first-order valence-electron chi connectivity index (χ1n) is 12.4. The fourth-order valence-electron chi connectivity index (χ4n) is 4.77. The summed E-state index contributed by atoms with van der Waals surface area (Å²) in [4.78, 5) is 29.0. The topological polar surface area (TPSA) is 88.1 Å². The van der Waals surface area contributed by atoms with E-state index in [1.54, 1.807) is 60.5 Å². The highest BCUT2D eigenvalue weighted by Gasteiger charge is 2.44. The van der Waals surface area contributed by atoms with Gasteiger partial charge in [-0.2, -0.15) is 0 Å². The highest BCUT2D eigenvalue weighted by Crippen LogP contribution is 2.43. The molecule has 0 saturated carbocycles. The monoisotopic (exact) mass is 542 g/mol. The lowest BCUT2D eigenvalue weighted by Crippen LogP contribution is -2.47. The van der Waals surface area contributed by atoms with Crippen LogP contribution in [0.3, 0.4) is 0 Å². The fourth-order valence-corrected chi connectivity index (χ4v) is 4.77. The normalized spacial score (nSPS) is 17.1. The van der Waals surface area contributed by atoms with E-state index < -0.39 is 18.3 Å². The van der Waals surface area contributed by atoms with Gasteiger partial charge in [-0.25, -0.2) is 0 Å². The third-order valence-electron chi connectivity index (χ3n) is 6.56. The van der Waals surface area contributed by atoms with Gasteiger partial charge in [-0.05, 0) is 46.9 Å². The largest absolute Gasteiger partial charge is 0.573 e. The first kappa shape index (κ1) is 28.1. The van der Waals surface area contributed by atoms with Gasteiger partial charge in [0, 0.05) is 32.4 Å². The summed E-state index contributed by atoms with van der Waals surface area (Å²) in [5.74, 6) is -1.69. The number of amides is 2. The number of hydrogen-bond donors (Lipinski definition) is 2. The quantitative estimate of drug-likeness (QED) is 0.363. The second-order valence-corrected chi connectivity index (χ2v) is 9.17. The van der Waals surface area contributed by atoms with Crippen molar-refractivity contribution in [3.63, 3.8) is 0 Å². The Hall–Kier alpha value is -3.89. The van der Waals surface area contributed by atoms with Crippen molar-refractivity contribution in [1.82, 2.24) is 10.2 Å². The Morgan fingerprint density at radius 3 is 2.31 bits per heavy atom. The van der Waals surface area contributed by atoms with Crippen molar-refractivity contribution < 1.29 is 37.3 Å². The summed E-state index contributed by atoms with van der Waals surface area (Å²) in [5.41, 5.74) is 2.90. The Bertz CT molecular complexity index is 1280. The van der Waals surface area contributed by atoms with Crippen LogP contribution in [0.1, 0.15) is 51.0 Å². The molecule has 7 nitrogen and oxygen atoms in total. The summed E-state index contributed by atoms with van der Waals surface area (Å²) in [5, 5.41) is 12.5. The number of ether oxygens (including phenoxy) is 2. The van der Waals surface area contributed by atoms with Crippen LogP contribution in [0.2, 0.25) is 0 Å². The van der Waals surface area contributed by atoms with Gasteiger partial charge >= 0.3 is 6.36 Å². The predicted molar refractivity (Wildman–Crippen MR) is 137 cm³/mol. The summed E-state index contributed by atoms with van der Waals surface area (Å²) in [6, 6.07) is 18.5. The van der Waals surface area contributed by atoms with Crippen molar-refractivity contribution in [1.29, 1.82) is 0 Å². The Kier molecular flexibility index (Phi) is 8.88. The number of aliphatic hydroxyl groups is 1. The number of halogens is 3. The number of carbonyl (C=O) groups is 2. The second-order valence-electron chi connectivity index (χ2n) is 9.17. The van der Waals surface area contributed by atoms with Gasteiger partial charge in [0.2, 0.25) is 5.91 Å². The molecule has 0 aromatic heterocycles. The molecule has 1 heterocycles. The van der Waals surface area contributed by atoms with E-state index in [2.05, 4.69) is 10.1 Å². The number of nitrogens with one attached hydrogen (secondary N) is 1. The van der Waals surface area contributed by atoms with E-state index in [9.17, 15) is 27.9 Å². The zero-order valence-corrected chi connectivity index (χ0v) is 21.3. The number of fused-ring (bicyclic) bond motifs is 1. The SMILES string of the molecule is COCCCNC(=O)[C@@H]1c2ccccc2C(=O)N(Cc2ccc(OC(F)(F)F)cc2)[C@H]1c1ccc(CO)cc1. The van der Waals surface area contributed by atoms with Gasteiger partial charge in [-0.15, -0.1) is 13.2 Å². The highest BCUT2D eigenvalue weighted by molar-refractivity contribution is 6.01. The van der Waals surface area contributed by atoms with Gasteiger partial charge in [0.25, 0.3) is 5.91 Å². The average molecular weight is 543 g/mol. The maximum absolute atomic E-state index is 13.8. The molecule has 10 heteroatoms. The van der Waals surface area contributed by atoms with Crippen molar-refractivity contribution in [2.75, 3.05) is 20.3 Å². The van der Waals surface area contributed by atoms with Gasteiger partial charge in [0.15, 0.2) is 0 Å². The molecule has 2 amide bonds. The highest BCUT2D eigenvalue weighted by atomic mass is 19.4. The Morgan fingerprint density at radius 2 is 1.67 bits per heavy atom. The fraction of sp³-hybridized carbons (Fsp3) is 0.310. The van der Waals surface area contributed by atoms with Gasteiger partial charge < -0.3 is 24.8 Å². The standard InChI is InChI=1S/C29H29F3N2O5/c1-38-16-4-15-33-27(36)25-23-5-2-3-6-24(23)28(37)34(26(25)21-11-7-20(18-35)8-12-21)17-19-9-13-22(14-10-19)39-29(30,31)32/h2-3,5-14,25-26,35H,4,15-18H2,1H3,(H,33,36)/t25-,26+/m1/s1. The summed E-state index contributed by atoms with van der Waals surface area (Å²) >= 11 is 0. The van der Waals surface area contributed by atoms with Crippen LogP contribution in [-0.2, 0) is 22.7 Å². The first-order valence-corrected chi connectivity index (χ1v) is 12.4. The molecule has 39 heavy (non-hydrogen) atoms. The third kappa shape index (κ3) is 6.76. The first-order chi connectivity index (χ1) is 18.7. The Morgan fingerprint density at radius 1 is 1.00 bits per heavy atom. The van der Waals surface area contributed by atoms with Crippen molar-refractivity contribution in [2.45, 2.75) is 37.9 Å². The van der Waals surface area contributed by atoms with E-state index in [0.29, 0.717) is 47.4 Å². The number of alkyl halides is 3. The molecule has 206 valence electrons. The lowest BCUT2D eigenvalue weighted by molar-refractivity contribution is -0.274. The molecule has 0 radical (unpaired) electrons. The lowest BCUT2D eigenvalue weighted by Gasteiger charge is -2.42. The minimum Gasteiger partial charge on any atom is -0.406 e. The summed E-state index contributed by atoms with van der Waals surface area (Å²) in [6.45, 7) is 0.744. The summed E-state index contributed by atoms with van der Waals surface area (Å²) in [7, 11) is 1.58. The van der Waals surface area contributed by atoms with Crippen molar-refractivity contribution >= 4 is 11.8 Å². The van der Waals surface area contributed by atoms with Gasteiger partial charge in [0.05, 0.1) is 18.6 Å². The smallest absolute Gasteiger partial charge is 0.406 e. The van der Waals surface area contributed by atoms with Gasteiger partial charge in [0.1, 0.15) is 5.75 Å². The van der Waals surface area contributed by atoms with Crippen molar-refractivity contribution in [2.24, 2.45) is 0 Å². The Balaban J connectivity index is 1.74. The van der Waals surface area contributed by atoms with Crippen LogP contribution < -0.4 is 10.1 Å². The molecule has 0 unspecified atom stereocenters. The molecule has 2 atom stereocenters. The van der Waals surface area contributed by atoms with E-state index in [0.717, 1.165) is 0 Å². The number of carbonyl (C=O) groups excluding carboxylic acids is 2. The van der Waals surface area contributed by atoms with Crippen LogP contribution in [0.25, 0.3) is 0 Å². The molecule has 0 spiro atoms. The molecule has 1 aliphatic rings. The average Bonchev–Trinajstić information content (AvgIpc) is 2.92. The number of aliphatic hydroxyl groups excluding tert-OH is 1. The molecule has 4 rings (SSSR count). The molecule has 0 saturated heterocycles. The molecule has 0 fully saturated rings. The molecule has 3 aromatic carbocycles. The molecule has 0 bridgehead atoms. The number of rotatable bonds is 10. The maximum atomic E-state index is 13.8. The van der Waals surface area contributed by atoms with Crippen LogP contribution in [0.4, 0.5) is 13.2 Å². The minimum atomic E-state index is -4.82.